The van der Waals surface area contributed by atoms with Gasteiger partial charge in [0.05, 0.1) is 16.4 Å². The van der Waals surface area contributed by atoms with Gasteiger partial charge in [0.2, 0.25) is 0 Å². The number of para-hydroxylation sites is 2. The third-order valence-electron chi connectivity index (χ3n) is 13.6. The smallest absolute Gasteiger partial charge is 0.0726 e. The van der Waals surface area contributed by atoms with Crippen LogP contribution in [0.25, 0.3) is 72.0 Å². The number of fused-ring (bicyclic) bond motifs is 13. The van der Waals surface area contributed by atoms with Crippen LogP contribution in [0.1, 0.15) is 22.3 Å². The van der Waals surface area contributed by atoms with E-state index < -0.39 is 5.41 Å². The Hall–Kier alpha value is -8.20. The Kier molecular flexibility index (Phi) is 7.85. The number of hydrogen-bond acceptors (Lipinski definition) is 1. The predicted octanol–water partition coefficient (Wildman–Crippen LogP) is 15.9. The zero-order valence-electron chi connectivity index (χ0n) is 34.5. The summed E-state index contributed by atoms with van der Waals surface area (Å²) in [6.07, 6.45) is 0. The molecule has 2 heteroatoms. The number of aromatic nitrogens is 1. The van der Waals surface area contributed by atoms with Gasteiger partial charge in [-0.25, -0.2) is 0 Å². The van der Waals surface area contributed by atoms with E-state index in [0.717, 1.165) is 22.7 Å². The summed E-state index contributed by atoms with van der Waals surface area (Å²) in [5, 5.41) is 2.53. The monoisotopic (exact) mass is 800 g/mol. The Morgan fingerprint density at radius 2 is 0.714 bits per heavy atom. The minimum atomic E-state index is -0.427. The van der Waals surface area contributed by atoms with Crippen LogP contribution in [0, 0.1) is 0 Å². The van der Waals surface area contributed by atoms with Gasteiger partial charge in [-0.15, -0.1) is 0 Å². The third-order valence-corrected chi connectivity index (χ3v) is 13.6. The molecule has 10 aromatic carbocycles. The van der Waals surface area contributed by atoms with E-state index in [9.17, 15) is 0 Å². The minimum absolute atomic E-state index is 0.427. The van der Waals surface area contributed by atoms with Crippen molar-refractivity contribution in [2.45, 2.75) is 5.41 Å². The van der Waals surface area contributed by atoms with Crippen LogP contribution < -0.4 is 4.90 Å². The summed E-state index contributed by atoms with van der Waals surface area (Å²) in [4.78, 5) is 2.43. The van der Waals surface area contributed by atoms with Crippen molar-refractivity contribution in [2.75, 3.05) is 4.90 Å². The molecule has 0 saturated heterocycles. The summed E-state index contributed by atoms with van der Waals surface area (Å²) < 4.78 is 2.39. The molecule has 0 unspecified atom stereocenters. The van der Waals surface area contributed by atoms with Gasteiger partial charge in [0.1, 0.15) is 0 Å². The molecule has 0 N–H and O–H groups in total. The molecule has 1 spiro atoms. The molecule has 2 aliphatic carbocycles. The fraction of sp³-hybridized carbons (Fsp3) is 0.0164. The molecular weight excluding hydrogens is 761 g/mol. The fourth-order valence-corrected chi connectivity index (χ4v) is 10.9. The van der Waals surface area contributed by atoms with E-state index >= 15 is 0 Å². The molecule has 1 aromatic heterocycles. The molecule has 2 aliphatic rings. The molecule has 1 heterocycles. The predicted molar refractivity (Wildman–Crippen MR) is 263 cm³/mol. The highest BCUT2D eigenvalue weighted by molar-refractivity contribution is 6.09. The van der Waals surface area contributed by atoms with E-state index in [1.807, 2.05) is 0 Å². The second-order valence-electron chi connectivity index (χ2n) is 16.8. The molecule has 0 fully saturated rings. The molecule has 0 bridgehead atoms. The Morgan fingerprint density at radius 1 is 0.286 bits per heavy atom. The maximum absolute atomic E-state index is 2.47. The van der Waals surface area contributed by atoms with E-state index in [0.29, 0.717) is 0 Å². The van der Waals surface area contributed by atoms with Crippen molar-refractivity contribution in [3.8, 4) is 50.2 Å². The van der Waals surface area contributed by atoms with Crippen LogP contribution in [0.4, 0.5) is 17.1 Å². The van der Waals surface area contributed by atoms with Crippen LogP contribution in [0.5, 0.6) is 0 Å². The van der Waals surface area contributed by atoms with Crippen LogP contribution >= 0.6 is 0 Å². The van der Waals surface area contributed by atoms with Crippen molar-refractivity contribution in [1.29, 1.82) is 0 Å². The largest absolute Gasteiger partial charge is 0.310 e. The maximum atomic E-state index is 2.47. The summed E-state index contributed by atoms with van der Waals surface area (Å²) in [5.41, 5.74) is 21.8. The summed E-state index contributed by atoms with van der Waals surface area (Å²) >= 11 is 0. The molecule has 2 nitrogen and oxygen atoms in total. The van der Waals surface area contributed by atoms with Gasteiger partial charge in [-0.1, -0.05) is 182 Å². The lowest BCUT2D eigenvalue weighted by molar-refractivity contribution is 0.793. The second-order valence-corrected chi connectivity index (χ2v) is 16.8. The Bertz CT molecular complexity index is 3440. The molecule has 0 radical (unpaired) electrons. The van der Waals surface area contributed by atoms with Crippen LogP contribution in [0.2, 0.25) is 0 Å². The summed E-state index contributed by atoms with van der Waals surface area (Å²) in [6, 6.07) is 89.4. The van der Waals surface area contributed by atoms with Gasteiger partial charge < -0.3 is 9.47 Å². The van der Waals surface area contributed by atoms with Crippen molar-refractivity contribution < 1.29 is 0 Å². The molecular formula is C61H40N2. The van der Waals surface area contributed by atoms with Crippen LogP contribution in [0.3, 0.4) is 0 Å². The van der Waals surface area contributed by atoms with Gasteiger partial charge >= 0.3 is 0 Å². The van der Waals surface area contributed by atoms with Crippen molar-refractivity contribution in [1.82, 2.24) is 4.57 Å². The fourth-order valence-electron chi connectivity index (χ4n) is 10.9. The SMILES string of the molecule is c1ccc(-c2ccc(N(c3ccc(-c4cccc(-n5c6ccccc6c6ccccc65)c4)cc3)c3ccc4c(c3)C3(c5ccccc5-c5ccccc53)c3ccccc3-4)cc2)cc1. The molecule has 0 atom stereocenters. The van der Waals surface area contributed by atoms with Crippen LogP contribution in [-0.2, 0) is 5.41 Å². The molecule has 63 heavy (non-hydrogen) atoms. The topological polar surface area (TPSA) is 8.17 Å². The molecule has 0 amide bonds. The highest BCUT2D eigenvalue weighted by atomic mass is 15.1. The zero-order valence-corrected chi connectivity index (χ0v) is 34.5. The van der Waals surface area contributed by atoms with Gasteiger partial charge in [0.25, 0.3) is 0 Å². The standard InChI is InChI=1S/C61H40N2/c1-2-15-41(16-3-1)42-29-33-45(34-30-42)62(46-35-31-43(32-36-46)44-17-14-18-47(39-44)63-59-27-12-7-22-53(59)54-23-8-13-28-60(54)63)48-37-38-52-51-21-6-11-26-57(51)61(58(52)40-48)55-24-9-4-19-49(55)50-20-5-10-25-56(50)61/h1-40H. The molecule has 294 valence electrons. The number of anilines is 3. The number of nitrogens with zero attached hydrogens (tertiary/aromatic N) is 2. The number of benzene rings is 10. The van der Waals surface area contributed by atoms with E-state index in [2.05, 4.69) is 252 Å². The molecule has 0 aliphatic heterocycles. The quantitative estimate of drug-likeness (QED) is 0.163. The highest BCUT2D eigenvalue weighted by Crippen LogP contribution is 2.63. The Morgan fingerprint density at radius 3 is 1.29 bits per heavy atom. The summed E-state index contributed by atoms with van der Waals surface area (Å²) in [5.74, 6) is 0. The van der Waals surface area contributed by atoms with Gasteiger partial charge in [-0.2, -0.15) is 0 Å². The van der Waals surface area contributed by atoms with E-state index in [-0.39, 0.29) is 0 Å². The molecule has 11 aromatic rings. The summed E-state index contributed by atoms with van der Waals surface area (Å²) in [6.45, 7) is 0. The molecule has 0 saturated carbocycles. The van der Waals surface area contributed by atoms with Crippen molar-refractivity contribution in [2.24, 2.45) is 0 Å². The lowest BCUT2D eigenvalue weighted by Crippen LogP contribution is -2.26. The van der Waals surface area contributed by atoms with Crippen molar-refractivity contribution in [3.63, 3.8) is 0 Å². The molecule has 13 rings (SSSR count). The van der Waals surface area contributed by atoms with Crippen molar-refractivity contribution >= 4 is 38.9 Å². The van der Waals surface area contributed by atoms with E-state index in [1.165, 1.54) is 88.6 Å². The number of rotatable bonds is 6. The maximum Gasteiger partial charge on any atom is 0.0726 e. The van der Waals surface area contributed by atoms with Crippen LogP contribution in [0.15, 0.2) is 243 Å². The van der Waals surface area contributed by atoms with Gasteiger partial charge in [-0.3, -0.25) is 0 Å². The number of hydrogen-bond donors (Lipinski definition) is 0. The Balaban J connectivity index is 0.961. The lowest BCUT2D eigenvalue weighted by atomic mass is 9.70. The average molecular weight is 801 g/mol. The highest BCUT2D eigenvalue weighted by Gasteiger charge is 2.51. The normalized spacial score (nSPS) is 12.9. The lowest BCUT2D eigenvalue weighted by Gasteiger charge is -2.32. The first-order valence-corrected chi connectivity index (χ1v) is 21.8. The van der Waals surface area contributed by atoms with Crippen LogP contribution in [-0.4, -0.2) is 4.57 Å². The van der Waals surface area contributed by atoms with Gasteiger partial charge in [0, 0.05) is 33.5 Å². The second kappa shape index (κ2) is 13.9. The Labute approximate surface area is 367 Å². The van der Waals surface area contributed by atoms with E-state index in [1.54, 1.807) is 0 Å². The zero-order chi connectivity index (χ0) is 41.5. The average Bonchev–Trinajstić information content (AvgIpc) is 3.97. The van der Waals surface area contributed by atoms with Crippen molar-refractivity contribution in [3.05, 3.63) is 265 Å². The first-order chi connectivity index (χ1) is 31.3. The first kappa shape index (κ1) is 35.5. The summed E-state index contributed by atoms with van der Waals surface area (Å²) in [7, 11) is 0. The van der Waals surface area contributed by atoms with Gasteiger partial charge in [-0.05, 0) is 127 Å². The minimum Gasteiger partial charge on any atom is -0.310 e. The van der Waals surface area contributed by atoms with Gasteiger partial charge in [0.15, 0.2) is 0 Å². The first-order valence-electron chi connectivity index (χ1n) is 21.8. The third kappa shape index (κ3) is 5.25. The van der Waals surface area contributed by atoms with E-state index in [4.69, 9.17) is 0 Å².